The molecule has 2 rings (SSSR count). The SMILES string of the molecule is [CH2]n1cc(-c2ccccc2OC)nn1. The van der Waals surface area contributed by atoms with Crippen LogP contribution in [-0.2, 0) is 0 Å². The third kappa shape index (κ3) is 1.46. The lowest BCUT2D eigenvalue weighted by Crippen LogP contribution is -1.87. The summed E-state index contributed by atoms with van der Waals surface area (Å²) in [5, 5.41) is 7.73. The molecule has 14 heavy (non-hydrogen) atoms. The number of hydrogen-bond acceptors (Lipinski definition) is 3. The zero-order valence-corrected chi connectivity index (χ0v) is 7.84. The molecule has 0 saturated carbocycles. The summed E-state index contributed by atoms with van der Waals surface area (Å²) in [5.41, 5.74) is 1.68. The molecule has 0 atom stereocenters. The van der Waals surface area contributed by atoms with E-state index in [0.717, 1.165) is 17.0 Å². The van der Waals surface area contributed by atoms with Gasteiger partial charge in [-0.2, -0.15) is 0 Å². The van der Waals surface area contributed by atoms with Crippen molar-refractivity contribution in [3.63, 3.8) is 0 Å². The number of ether oxygens (including phenoxy) is 1. The van der Waals surface area contributed by atoms with Crippen LogP contribution in [0.25, 0.3) is 11.3 Å². The van der Waals surface area contributed by atoms with Gasteiger partial charge in [0.25, 0.3) is 0 Å². The predicted molar refractivity (Wildman–Crippen MR) is 52.8 cm³/mol. The van der Waals surface area contributed by atoms with E-state index < -0.39 is 0 Å². The topological polar surface area (TPSA) is 39.9 Å². The number of methoxy groups -OCH3 is 1. The van der Waals surface area contributed by atoms with Crippen LogP contribution < -0.4 is 4.74 Å². The molecule has 0 amide bonds. The lowest BCUT2D eigenvalue weighted by Gasteiger charge is -2.03. The van der Waals surface area contributed by atoms with Crippen molar-refractivity contribution in [2.24, 2.45) is 0 Å². The molecule has 4 heteroatoms. The van der Waals surface area contributed by atoms with E-state index >= 15 is 0 Å². The number of para-hydroxylation sites is 1. The van der Waals surface area contributed by atoms with Gasteiger partial charge in [-0.25, -0.2) is 0 Å². The second-order valence-electron chi connectivity index (χ2n) is 2.84. The Kier molecular flexibility index (Phi) is 2.18. The van der Waals surface area contributed by atoms with E-state index in [1.807, 2.05) is 24.3 Å². The predicted octanol–water partition coefficient (Wildman–Crippen LogP) is 1.59. The average Bonchev–Trinajstić information content (AvgIpc) is 2.65. The lowest BCUT2D eigenvalue weighted by molar-refractivity contribution is 0.416. The Hall–Kier alpha value is -1.84. The number of benzene rings is 1. The van der Waals surface area contributed by atoms with Gasteiger partial charge in [-0.15, -0.1) is 5.10 Å². The molecule has 0 N–H and O–H groups in total. The van der Waals surface area contributed by atoms with Gasteiger partial charge in [0, 0.05) is 5.56 Å². The summed E-state index contributed by atoms with van der Waals surface area (Å²) in [5.74, 6) is 0.785. The molecule has 0 spiro atoms. The molecule has 0 fully saturated rings. The van der Waals surface area contributed by atoms with E-state index in [1.165, 1.54) is 4.68 Å². The van der Waals surface area contributed by atoms with Crippen LogP contribution >= 0.6 is 0 Å². The Balaban J connectivity index is 2.50. The minimum atomic E-state index is 0.762. The highest BCUT2D eigenvalue weighted by molar-refractivity contribution is 5.65. The highest BCUT2D eigenvalue weighted by Gasteiger charge is 2.07. The average molecular weight is 188 g/mol. The van der Waals surface area contributed by atoms with Crippen molar-refractivity contribution in [2.45, 2.75) is 0 Å². The van der Waals surface area contributed by atoms with Gasteiger partial charge in [-0.05, 0) is 12.1 Å². The van der Waals surface area contributed by atoms with Gasteiger partial charge >= 0.3 is 0 Å². The van der Waals surface area contributed by atoms with Crippen molar-refractivity contribution in [3.8, 4) is 17.0 Å². The molecular formula is C10H10N3O. The number of aromatic nitrogens is 3. The number of nitrogens with zero attached hydrogens (tertiary/aromatic N) is 3. The molecule has 1 aromatic carbocycles. The van der Waals surface area contributed by atoms with Crippen LogP contribution in [0.15, 0.2) is 30.5 Å². The maximum absolute atomic E-state index is 5.21. The third-order valence-electron chi connectivity index (χ3n) is 1.92. The summed E-state index contributed by atoms with van der Waals surface area (Å²) in [7, 11) is 5.26. The van der Waals surface area contributed by atoms with Crippen molar-refractivity contribution < 1.29 is 4.74 Å². The molecule has 0 aliphatic heterocycles. The molecule has 4 nitrogen and oxygen atoms in total. The van der Waals surface area contributed by atoms with E-state index in [9.17, 15) is 0 Å². The Morgan fingerprint density at radius 1 is 1.36 bits per heavy atom. The molecule has 0 bridgehead atoms. The second-order valence-corrected chi connectivity index (χ2v) is 2.84. The normalized spacial score (nSPS) is 10.1. The Morgan fingerprint density at radius 2 is 2.14 bits per heavy atom. The maximum atomic E-state index is 5.21. The number of rotatable bonds is 2. The Labute approximate surface area is 82.1 Å². The van der Waals surface area contributed by atoms with Crippen LogP contribution in [0.2, 0.25) is 0 Å². The molecule has 0 unspecified atom stereocenters. The summed E-state index contributed by atoms with van der Waals surface area (Å²) >= 11 is 0. The van der Waals surface area contributed by atoms with Gasteiger partial charge in [0.2, 0.25) is 0 Å². The molecule has 1 heterocycles. The minimum absolute atomic E-state index is 0.762. The Morgan fingerprint density at radius 3 is 2.79 bits per heavy atom. The van der Waals surface area contributed by atoms with Crippen LogP contribution in [0.5, 0.6) is 5.75 Å². The third-order valence-corrected chi connectivity index (χ3v) is 1.92. The first kappa shape index (κ1) is 8.74. The molecule has 1 radical (unpaired) electrons. The van der Waals surface area contributed by atoms with E-state index in [-0.39, 0.29) is 0 Å². The van der Waals surface area contributed by atoms with E-state index in [0.29, 0.717) is 0 Å². The van der Waals surface area contributed by atoms with Crippen LogP contribution in [0.4, 0.5) is 0 Å². The van der Waals surface area contributed by atoms with Crippen LogP contribution in [0.3, 0.4) is 0 Å². The van der Waals surface area contributed by atoms with Crippen LogP contribution in [-0.4, -0.2) is 22.1 Å². The van der Waals surface area contributed by atoms with Gasteiger partial charge in [0.15, 0.2) is 0 Å². The fraction of sp³-hybridized carbons (Fsp3) is 0.100. The fourth-order valence-electron chi connectivity index (χ4n) is 1.28. The van der Waals surface area contributed by atoms with Crippen LogP contribution in [0, 0.1) is 7.05 Å². The van der Waals surface area contributed by atoms with Crippen molar-refractivity contribution >= 4 is 0 Å². The molecule has 71 valence electrons. The molecule has 0 aliphatic rings. The largest absolute Gasteiger partial charge is 0.496 e. The highest BCUT2D eigenvalue weighted by Crippen LogP contribution is 2.27. The molecule has 0 aliphatic carbocycles. The van der Waals surface area contributed by atoms with Gasteiger partial charge < -0.3 is 4.74 Å². The van der Waals surface area contributed by atoms with E-state index in [1.54, 1.807) is 13.3 Å². The summed E-state index contributed by atoms with van der Waals surface area (Å²) in [6.07, 6.45) is 1.75. The first-order valence-corrected chi connectivity index (χ1v) is 4.18. The van der Waals surface area contributed by atoms with Crippen molar-refractivity contribution in [1.82, 2.24) is 15.0 Å². The lowest BCUT2D eigenvalue weighted by atomic mass is 10.1. The zero-order chi connectivity index (χ0) is 9.97. The summed E-state index contributed by atoms with van der Waals surface area (Å²) < 4.78 is 6.63. The van der Waals surface area contributed by atoms with Gasteiger partial charge in [0.1, 0.15) is 11.4 Å². The van der Waals surface area contributed by atoms with Crippen molar-refractivity contribution in [3.05, 3.63) is 37.5 Å². The molecule has 0 saturated heterocycles. The van der Waals surface area contributed by atoms with Gasteiger partial charge in [-0.3, -0.25) is 4.68 Å². The number of hydrogen-bond donors (Lipinski definition) is 0. The molecule has 1 aromatic heterocycles. The monoisotopic (exact) mass is 188 g/mol. The fourth-order valence-corrected chi connectivity index (χ4v) is 1.28. The first-order valence-electron chi connectivity index (χ1n) is 4.18. The minimum Gasteiger partial charge on any atom is -0.496 e. The van der Waals surface area contributed by atoms with Crippen LogP contribution in [0.1, 0.15) is 0 Å². The van der Waals surface area contributed by atoms with E-state index in [4.69, 9.17) is 4.74 Å². The van der Waals surface area contributed by atoms with E-state index in [2.05, 4.69) is 17.4 Å². The Bertz CT molecular complexity index is 436. The molecule has 2 aromatic rings. The maximum Gasteiger partial charge on any atom is 0.128 e. The highest BCUT2D eigenvalue weighted by atomic mass is 16.5. The van der Waals surface area contributed by atoms with Gasteiger partial charge in [0.05, 0.1) is 20.4 Å². The summed E-state index contributed by atoms with van der Waals surface area (Å²) in [6.45, 7) is 0. The summed E-state index contributed by atoms with van der Waals surface area (Å²) in [6, 6.07) is 7.66. The second kappa shape index (κ2) is 3.49. The van der Waals surface area contributed by atoms with Crippen molar-refractivity contribution in [1.29, 1.82) is 0 Å². The summed E-state index contributed by atoms with van der Waals surface area (Å²) in [4.78, 5) is 0. The quantitative estimate of drug-likeness (QED) is 0.718. The standard InChI is InChI=1S/C10H10N3O/c1-13-7-9(11-12-13)8-5-3-4-6-10(8)14-2/h3-7H,1H2,2H3. The molecular weight excluding hydrogens is 178 g/mol. The first-order chi connectivity index (χ1) is 6.81. The van der Waals surface area contributed by atoms with Crippen molar-refractivity contribution in [2.75, 3.05) is 7.11 Å². The van der Waals surface area contributed by atoms with Gasteiger partial charge in [-0.1, -0.05) is 17.3 Å². The zero-order valence-electron chi connectivity index (χ0n) is 7.84. The smallest absolute Gasteiger partial charge is 0.128 e.